The molecule has 4 aromatic rings. The summed E-state index contributed by atoms with van der Waals surface area (Å²) in [4.78, 5) is 27.5. The number of hydrogen-bond donors (Lipinski definition) is 3. The van der Waals surface area contributed by atoms with Crippen LogP contribution in [0.2, 0.25) is 0 Å². The monoisotopic (exact) mass is 473 g/mol. The SMILES string of the molecule is NC(=O)c1cn(C(O)CCCn2ccc3ccc(NC(=O)CCCCc4ccccc4)cc32)cn1. The smallest absolute Gasteiger partial charge is 0.268 e. The van der Waals surface area contributed by atoms with E-state index in [1.807, 2.05) is 48.7 Å². The van der Waals surface area contributed by atoms with Crippen molar-refractivity contribution in [3.63, 3.8) is 0 Å². The molecule has 2 amide bonds. The Balaban J connectivity index is 1.26. The minimum atomic E-state index is -0.783. The molecule has 0 aliphatic rings. The van der Waals surface area contributed by atoms with Crippen molar-refractivity contribution < 1.29 is 14.7 Å². The van der Waals surface area contributed by atoms with E-state index in [4.69, 9.17) is 5.73 Å². The second-order valence-electron chi connectivity index (χ2n) is 8.72. The molecule has 0 radical (unpaired) electrons. The molecule has 0 aliphatic heterocycles. The molecule has 2 aromatic heterocycles. The van der Waals surface area contributed by atoms with Crippen molar-refractivity contribution in [3.05, 3.63) is 84.6 Å². The van der Waals surface area contributed by atoms with E-state index in [0.717, 1.165) is 35.9 Å². The van der Waals surface area contributed by atoms with Crippen LogP contribution in [0, 0.1) is 0 Å². The van der Waals surface area contributed by atoms with Gasteiger partial charge in [0.1, 0.15) is 11.9 Å². The number of benzene rings is 2. The van der Waals surface area contributed by atoms with E-state index >= 15 is 0 Å². The number of nitrogens with zero attached hydrogens (tertiary/aromatic N) is 3. The van der Waals surface area contributed by atoms with E-state index in [2.05, 4.69) is 27.0 Å². The molecule has 182 valence electrons. The summed E-state index contributed by atoms with van der Waals surface area (Å²) in [5, 5.41) is 14.5. The minimum absolute atomic E-state index is 0.0225. The van der Waals surface area contributed by atoms with Crippen LogP contribution in [0.4, 0.5) is 5.69 Å². The van der Waals surface area contributed by atoms with Crippen molar-refractivity contribution in [3.8, 4) is 0 Å². The van der Waals surface area contributed by atoms with Crippen LogP contribution in [-0.2, 0) is 17.8 Å². The molecule has 35 heavy (non-hydrogen) atoms. The third-order valence-electron chi connectivity index (χ3n) is 6.08. The van der Waals surface area contributed by atoms with Crippen LogP contribution in [0.25, 0.3) is 10.9 Å². The van der Waals surface area contributed by atoms with Crippen LogP contribution in [0.3, 0.4) is 0 Å². The Labute approximate surface area is 204 Å². The van der Waals surface area contributed by atoms with E-state index < -0.39 is 12.1 Å². The summed E-state index contributed by atoms with van der Waals surface area (Å²) in [5.41, 5.74) is 8.45. The normalized spacial score (nSPS) is 12.0. The van der Waals surface area contributed by atoms with Crippen molar-refractivity contribution in [2.24, 2.45) is 5.73 Å². The molecule has 0 spiro atoms. The predicted octanol–water partition coefficient (Wildman–Crippen LogP) is 4.26. The summed E-state index contributed by atoms with van der Waals surface area (Å²) in [7, 11) is 0. The molecule has 0 fully saturated rings. The van der Waals surface area contributed by atoms with Gasteiger partial charge in [0.05, 0.1) is 11.8 Å². The number of imidazole rings is 1. The number of aliphatic hydroxyl groups is 1. The van der Waals surface area contributed by atoms with E-state index in [0.29, 0.717) is 25.8 Å². The first kappa shape index (κ1) is 24.2. The number of nitrogens with one attached hydrogen (secondary N) is 1. The molecular formula is C27H31N5O3. The van der Waals surface area contributed by atoms with Crippen LogP contribution < -0.4 is 11.1 Å². The largest absolute Gasteiger partial charge is 0.373 e. The number of fused-ring (bicyclic) bond motifs is 1. The molecule has 1 unspecified atom stereocenters. The van der Waals surface area contributed by atoms with Crippen molar-refractivity contribution in [2.75, 3.05) is 5.32 Å². The summed E-state index contributed by atoms with van der Waals surface area (Å²) < 4.78 is 3.60. The number of hydrogen-bond acceptors (Lipinski definition) is 4. The molecule has 1 atom stereocenters. The molecule has 8 heteroatoms. The number of amides is 2. The zero-order chi connectivity index (χ0) is 24.6. The number of primary amides is 1. The number of aromatic nitrogens is 3. The molecule has 2 heterocycles. The van der Waals surface area contributed by atoms with Gasteiger partial charge in [0, 0.05) is 31.0 Å². The third-order valence-corrected chi connectivity index (χ3v) is 6.08. The first-order chi connectivity index (χ1) is 17.0. The number of rotatable bonds is 12. The highest BCUT2D eigenvalue weighted by Gasteiger charge is 2.11. The molecule has 0 aliphatic carbocycles. The summed E-state index contributed by atoms with van der Waals surface area (Å²) >= 11 is 0. The number of aryl methyl sites for hydroxylation is 2. The van der Waals surface area contributed by atoms with Gasteiger partial charge in [-0.05, 0) is 61.3 Å². The number of carbonyl (C=O) groups excluding carboxylic acids is 2. The van der Waals surface area contributed by atoms with Crippen LogP contribution in [0.5, 0.6) is 0 Å². The second-order valence-corrected chi connectivity index (χ2v) is 8.72. The van der Waals surface area contributed by atoms with Gasteiger partial charge in [-0.3, -0.25) is 9.59 Å². The molecule has 0 saturated carbocycles. The molecule has 8 nitrogen and oxygen atoms in total. The lowest BCUT2D eigenvalue weighted by molar-refractivity contribution is -0.116. The molecule has 4 rings (SSSR count). The summed E-state index contributed by atoms with van der Waals surface area (Å²) in [6, 6.07) is 18.3. The lowest BCUT2D eigenvalue weighted by Crippen LogP contribution is -2.12. The van der Waals surface area contributed by atoms with E-state index in [9.17, 15) is 14.7 Å². The van der Waals surface area contributed by atoms with E-state index in [1.165, 1.54) is 22.7 Å². The Morgan fingerprint density at radius 3 is 2.66 bits per heavy atom. The fraction of sp³-hybridized carbons (Fsp3) is 0.296. The third kappa shape index (κ3) is 6.58. The maximum atomic E-state index is 12.4. The predicted molar refractivity (Wildman–Crippen MR) is 136 cm³/mol. The Morgan fingerprint density at radius 1 is 1.06 bits per heavy atom. The fourth-order valence-electron chi connectivity index (χ4n) is 4.16. The first-order valence-corrected chi connectivity index (χ1v) is 11.9. The lowest BCUT2D eigenvalue weighted by atomic mass is 10.1. The highest BCUT2D eigenvalue weighted by Crippen LogP contribution is 2.22. The molecule has 2 aromatic carbocycles. The first-order valence-electron chi connectivity index (χ1n) is 11.9. The van der Waals surface area contributed by atoms with Crippen LogP contribution in [0.15, 0.2) is 73.3 Å². The zero-order valence-corrected chi connectivity index (χ0v) is 19.6. The highest BCUT2D eigenvalue weighted by atomic mass is 16.3. The van der Waals surface area contributed by atoms with Crippen molar-refractivity contribution in [1.82, 2.24) is 14.1 Å². The van der Waals surface area contributed by atoms with Gasteiger partial charge in [-0.2, -0.15) is 0 Å². The van der Waals surface area contributed by atoms with Crippen molar-refractivity contribution >= 4 is 28.4 Å². The summed E-state index contributed by atoms with van der Waals surface area (Å²) in [5.74, 6) is -0.598. The Hall–Kier alpha value is -3.91. The summed E-state index contributed by atoms with van der Waals surface area (Å²) in [6.07, 6.45) is 8.60. The van der Waals surface area contributed by atoms with Gasteiger partial charge in [-0.15, -0.1) is 0 Å². The highest BCUT2D eigenvalue weighted by molar-refractivity contribution is 5.93. The van der Waals surface area contributed by atoms with Gasteiger partial charge in [-0.25, -0.2) is 4.98 Å². The van der Waals surface area contributed by atoms with E-state index in [-0.39, 0.29) is 11.6 Å². The van der Waals surface area contributed by atoms with Crippen LogP contribution >= 0.6 is 0 Å². The number of aliphatic hydroxyl groups excluding tert-OH is 1. The van der Waals surface area contributed by atoms with Crippen LogP contribution in [-0.4, -0.2) is 31.0 Å². The Morgan fingerprint density at radius 2 is 1.89 bits per heavy atom. The van der Waals surface area contributed by atoms with Gasteiger partial charge < -0.3 is 25.3 Å². The number of anilines is 1. The molecule has 0 saturated heterocycles. The number of carbonyl (C=O) groups is 2. The molecule has 0 bridgehead atoms. The quantitative estimate of drug-likeness (QED) is 0.267. The topological polar surface area (TPSA) is 115 Å². The zero-order valence-electron chi connectivity index (χ0n) is 19.6. The lowest BCUT2D eigenvalue weighted by Gasteiger charge is -2.13. The van der Waals surface area contributed by atoms with Gasteiger partial charge in [-0.1, -0.05) is 36.4 Å². The van der Waals surface area contributed by atoms with Crippen molar-refractivity contribution in [1.29, 1.82) is 0 Å². The van der Waals surface area contributed by atoms with Gasteiger partial charge in [0.2, 0.25) is 5.91 Å². The minimum Gasteiger partial charge on any atom is -0.373 e. The van der Waals surface area contributed by atoms with Crippen LogP contribution in [0.1, 0.15) is 54.4 Å². The van der Waals surface area contributed by atoms with E-state index in [1.54, 1.807) is 0 Å². The average Bonchev–Trinajstić information content (AvgIpc) is 3.50. The standard InChI is InChI=1S/C27H31N5O3/c28-27(35)23-18-32(19-29-23)26(34)11-6-15-31-16-14-21-12-13-22(17-24(21)31)30-25(33)10-5-4-9-20-7-2-1-3-8-20/h1-3,7-8,12-14,16-19,26,34H,4-6,9-11,15H2,(H2,28,35)(H,30,33). The van der Waals surface area contributed by atoms with Gasteiger partial charge in [0.25, 0.3) is 5.91 Å². The Bertz CT molecular complexity index is 1280. The fourth-order valence-corrected chi connectivity index (χ4v) is 4.16. The van der Waals surface area contributed by atoms with Crippen molar-refractivity contribution in [2.45, 2.75) is 51.3 Å². The van der Waals surface area contributed by atoms with Gasteiger partial charge in [0.15, 0.2) is 0 Å². The molecule has 4 N–H and O–H groups in total. The number of nitrogens with two attached hydrogens (primary N) is 1. The average molecular weight is 474 g/mol. The molecular weight excluding hydrogens is 442 g/mol. The maximum Gasteiger partial charge on any atom is 0.268 e. The second kappa shape index (κ2) is 11.5. The Kier molecular flexibility index (Phi) is 7.95. The van der Waals surface area contributed by atoms with Gasteiger partial charge >= 0.3 is 0 Å². The maximum absolute atomic E-state index is 12.4. The summed E-state index contributed by atoms with van der Waals surface area (Å²) in [6.45, 7) is 0.703. The number of unbranched alkanes of at least 4 members (excludes halogenated alkanes) is 1.